The van der Waals surface area contributed by atoms with Crippen molar-refractivity contribution in [3.63, 3.8) is 0 Å². The van der Waals surface area contributed by atoms with Crippen LogP contribution in [0.5, 0.6) is 28.7 Å². The van der Waals surface area contributed by atoms with Gasteiger partial charge in [-0.05, 0) is 105 Å². The molecule has 2 unspecified atom stereocenters. The highest BCUT2D eigenvalue weighted by atomic mass is 33.1. The monoisotopic (exact) mass is 1310 g/mol. The number of aliphatic hydroxyl groups is 2. The number of hydrogen-bond acceptors (Lipinski definition) is 21. The number of amides is 10. The quantitative estimate of drug-likeness (QED) is 0.0278. The number of phenols is 3. The smallest absolute Gasteiger partial charge is 0.340 e. The summed E-state index contributed by atoms with van der Waals surface area (Å²) >= 11 is 0. The van der Waals surface area contributed by atoms with E-state index in [9.17, 15) is 78.3 Å². The van der Waals surface area contributed by atoms with Crippen molar-refractivity contribution in [3.05, 3.63) is 112 Å². The Kier molecular flexibility index (Phi) is 22.6. The number of carbonyl (C=O) groups excluding carboxylic acids is 11. The number of nitrogens with two attached hydrogens (primary N) is 2. The molecule has 4 aromatic rings. The van der Waals surface area contributed by atoms with Crippen molar-refractivity contribution in [3.8, 4) is 28.7 Å². The minimum Gasteiger partial charge on any atom is -0.508 e. The van der Waals surface area contributed by atoms with E-state index in [2.05, 4.69) is 42.5 Å². The zero-order valence-corrected chi connectivity index (χ0v) is 51.9. The number of ether oxygens (including phenoxy) is 2. The average Bonchev–Trinajstić information content (AvgIpc) is 1.46. The summed E-state index contributed by atoms with van der Waals surface area (Å²) in [5.74, 6) is -11.3. The number of hydrogen-bond donors (Lipinski definition) is 15. The highest BCUT2D eigenvalue weighted by molar-refractivity contribution is 8.76. The Morgan fingerprint density at radius 1 is 0.739 bits per heavy atom. The maximum Gasteiger partial charge on any atom is 0.340 e. The van der Waals surface area contributed by atoms with Crippen LogP contribution in [0.1, 0.15) is 115 Å². The number of fused-ring (bicyclic) bond motifs is 6. The standard InChI is InChI=1S/C61H73N11O18S2/c1-4-29(2)48-56(84)70-49(30(3)73)57(85)67-41(25-47(63)78)53(81)68-42(26-91-92-27-44(77)55(83)71-50(58(86)69-48)31-10-13-33(74)14-11-31)59(87)72-21-7-9-43(72)54(82)66-40(52(80)65-28-62)8-5-6-20-64-51(79)32-12-17-36-39(22-32)61(90-60(36)88)37-18-15-34(75)23-45(37)89-46-24-35(76)16-19-38(46)61/h10-19,22-24,29-30,40-44,48-50,73-77H,4-9,20-21,25-28,62H2,1-3H3,(H2,63,78)(H,64,79)(H,65,80)(H,66,82)(H,67,85)(H,68,81)(H,69,86)(H,70,84)(H,71,83)/t29-,30?,40+,41-,42-,43-,44?,48-,49-,50+/m1/s1. The van der Waals surface area contributed by atoms with Gasteiger partial charge in [0.15, 0.2) is 5.60 Å². The van der Waals surface area contributed by atoms with Gasteiger partial charge in [-0.1, -0.05) is 54.0 Å². The summed E-state index contributed by atoms with van der Waals surface area (Å²) in [6.07, 6.45) is -3.11. The third-order valence-corrected chi connectivity index (χ3v) is 18.5. The van der Waals surface area contributed by atoms with Crippen molar-refractivity contribution < 1.29 is 87.7 Å². The lowest BCUT2D eigenvalue weighted by molar-refractivity contribution is -0.142. The Balaban J connectivity index is 0.958. The van der Waals surface area contributed by atoms with Gasteiger partial charge in [0.25, 0.3) is 11.8 Å². The zero-order valence-electron chi connectivity index (χ0n) is 50.2. The summed E-state index contributed by atoms with van der Waals surface area (Å²) in [5.41, 5.74) is 11.1. The van der Waals surface area contributed by atoms with E-state index < -0.39 is 137 Å². The summed E-state index contributed by atoms with van der Waals surface area (Å²) in [6, 6.07) is 7.52. The number of benzene rings is 4. The Morgan fingerprint density at radius 3 is 2.02 bits per heavy atom. The molecule has 0 saturated carbocycles. The van der Waals surface area contributed by atoms with Crippen molar-refractivity contribution in [1.29, 1.82) is 0 Å². The number of rotatable bonds is 17. The van der Waals surface area contributed by atoms with Gasteiger partial charge in [-0.15, -0.1) is 0 Å². The molecule has 4 heterocycles. The van der Waals surface area contributed by atoms with E-state index in [1.165, 1.54) is 83.8 Å². The van der Waals surface area contributed by atoms with E-state index in [0.717, 1.165) is 28.5 Å². The van der Waals surface area contributed by atoms with Crippen LogP contribution in [0.2, 0.25) is 0 Å². The largest absolute Gasteiger partial charge is 0.508 e. The van der Waals surface area contributed by atoms with Crippen molar-refractivity contribution in [2.24, 2.45) is 17.4 Å². The van der Waals surface area contributed by atoms with Crippen LogP contribution in [-0.2, 0) is 53.5 Å². The third-order valence-electron chi connectivity index (χ3n) is 16.1. The maximum atomic E-state index is 14.8. The molecular formula is C61H73N11O18S2. The van der Waals surface area contributed by atoms with Crippen LogP contribution in [0, 0.1) is 5.92 Å². The molecule has 492 valence electrons. The van der Waals surface area contributed by atoms with Gasteiger partial charge in [0, 0.05) is 59.0 Å². The Hall–Kier alpha value is -9.17. The van der Waals surface area contributed by atoms with Crippen molar-refractivity contribution in [2.75, 3.05) is 31.3 Å². The summed E-state index contributed by atoms with van der Waals surface area (Å²) in [7, 11) is 1.78. The fourth-order valence-electron chi connectivity index (χ4n) is 11.1. The number of nitrogens with one attached hydrogen (secondary N) is 8. The minimum absolute atomic E-state index is 0.0209. The molecule has 4 aromatic carbocycles. The molecule has 0 aliphatic carbocycles. The maximum absolute atomic E-state index is 14.8. The molecule has 8 rings (SSSR count). The Bertz CT molecular complexity index is 3450. The normalized spacial score (nSPS) is 22.8. The molecule has 31 heteroatoms. The van der Waals surface area contributed by atoms with E-state index in [-0.39, 0.29) is 115 Å². The van der Waals surface area contributed by atoms with Gasteiger partial charge in [-0.3, -0.25) is 47.9 Å². The van der Waals surface area contributed by atoms with Gasteiger partial charge in [0.2, 0.25) is 47.3 Å². The first kappa shape index (κ1) is 68.7. The van der Waals surface area contributed by atoms with Gasteiger partial charge in [-0.2, -0.15) is 0 Å². The molecule has 1 spiro atoms. The number of phenolic OH excluding ortho intramolecular Hbond substituents is 3. The number of aromatic hydroxyl groups is 3. The number of nitrogens with zero attached hydrogens (tertiary/aromatic N) is 1. The first-order chi connectivity index (χ1) is 43.8. The molecule has 17 N–H and O–H groups in total. The van der Waals surface area contributed by atoms with E-state index in [0.29, 0.717) is 16.7 Å². The first-order valence-electron chi connectivity index (χ1n) is 29.6. The molecule has 2 saturated heterocycles. The Labute approximate surface area is 535 Å². The molecular weight excluding hydrogens is 1240 g/mol. The minimum atomic E-state index is -1.83. The van der Waals surface area contributed by atoms with E-state index in [4.69, 9.17) is 20.9 Å². The van der Waals surface area contributed by atoms with Crippen LogP contribution in [0.25, 0.3) is 0 Å². The lowest BCUT2D eigenvalue weighted by Gasteiger charge is -2.36. The highest BCUT2D eigenvalue weighted by Crippen LogP contribution is 2.57. The van der Waals surface area contributed by atoms with Gasteiger partial charge in [0.05, 0.1) is 24.8 Å². The van der Waals surface area contributed by atoms with Crippen LogP contribution in [0.3, 0.4) is 0 Å². The van der Waals surface area contributed by atoms with Crippen LogP contribution in [-0.4, -0.2) is 175 Å². The molecule has 10 atom stereocenters. The number of unbranched alkanes of at least 4 members (excludes halogenated alkanes) is 1. The molecule has 92 heavy (non-hydrogen) atoms. The average molecular weight is 1310 g/mol. The summed E-state index contributed by atoms with van der Waals surface area (Å²) in [5, 5.41) is 73.0. The van der Waals surface area contributed by atoms with Crippen molar-refractivity contribution >= 4 is 86.6 Å². The predicted molar refractivity (Wildman–Crippen MR) is 331 cm³/mol. The molecule has 4 aliphatic rings. The lowest BCUT2D eigenvalue weighted by Crippen LogP contribution is -2.62. The van der Waals surface area contributed by atoms with Crippen LogP contribution in [0.4, 0.5) is 0 Å². The van der Waals surface area contributed by atoms with Crippen LogP contribution in [0.15, 0.2) is 78.9 Å². The van der Waals surface area contributed by atoms with Crippen LogP contribution < -0.4 is 58.7 Å². The van der Waals surface area contributed by atoms with Gasteiger partial charge >= 0.3 is 5.97 Å². The summed E-state index contributed by atoms with van der Waals surface area (Å²) in [4.78, 5) is 154. The molecule has 2 fully saturated rings. The number of likely N-dealkylation sites (tertiary alicyclic amines) is 1. The zero-order chi connectivity index (χ0) is 66.7. The topological polar surface area (TPSA) is 459 Å². The van der Waals surface area contributed by atoms with E-state index >= 15 is 0 Å². The lowest BCUT2D eigenvalue weighted by atomic mass is 9.77. The second-order valence-electron chi connectivity index (χ2n) is 22.6. The SMILES string of the molecule is CC[C@@H](C)[C@H]1NC(=O)[C@H](c2ccc(O)cc2)NC(=O)C(O)CSSC[C@H](C(=O)N2CCC[C@@H]2C(=O)N[C@@H](CCCCNC(=O)c2ccc3c(c2)C2(OC3=O)c3ccc(O)cc3Oc3cc(O)ccc32)C(=O)NCN)NC(=O)[C@@H](CC(N)=O)NC(=O)[C@@H](C(C)O)NC1=O. The number of primary amides is 1. The Morgan fingerprint density at radius 2 is 1.38 bits per heavy atom. The summed E-state index contributed by atoms with van der Waals surface area (Å²) in [6.45, 7) is 4.22. The first-order valence-corrected chi connectivity index (χ1v) is 32.1. The molecule has 0 bridgehead atoms. The predicted octanol–water partition coefficient (Wildman–Crippen LogP) is -0.365. The summed E-state index contributed by atoms with van der Waals surface area (Å²) < 4.78 is 12.1. The van der Waals surface area contributed by atoms with Gasteiger partial charge in [0.1, 0.15) is 77.1 Å². The van der Waals surface area contributed by atoms with Crippen molar-refractivity contribution in [1.82, 2.24) is 47.4 Å². The molecule has 4 aliphatic heterocycles. The van der Waals surface area contributed by atoms with E-state index in [1.54, 1.807) is 13.8 Å². The number of aliphatic hydroxyl groups excluding tert-OH is 2. The number of carbonyl (C=O) groups is 11. The fraction of sp³-hybridized carbons (Fsp3) is 0.426. The van der Waals surface area contributed by atoms with E-state index in [1.807, 2.05) is 0 Å². The second-order valence-corrected chi connectivity index (χ2v) is 25.1. The fourth-order valence-corrected chi connectivity index (χ4v) is 13.3. The van der Waals surface area contributed by atoms with Gasteiger partial charge in [-0.25, -0.2) is 4.79 Å². The van der Waals surface area contributed by atoms with Gasteiger partial charge < -0.3 is 93.9 Å². The molecule has 29 nitrogen and oxygen atoms in total. The van der Waals surface area contributed by atoms with Crippen LogP contribution >= 0.6 is 21.6 Å². The van der Waals surface area contributed by atoms with Crippen molar-refractivity contribution in [2.45, 2.75) is 126 Å². The molecule has 0 aromatic heterocycles. The number of esters is 1. The molecule has 0 radical (unpaired) electrons. The highest BCUT2D eigenvalue weighted by Gasteiger charge is 2.54. The second kappa shape index (κ2) is 30.3. The third kappa shape index (κ3) is 15.8. The molecule has 10 amide bonds.